The predicted molar refractivity (Wildman–Crippen MR) is 101 cm³/mol. The van der Waals surface area contributed by atoms with E-state index in [0.717, 1.165) is 12.8 Å². The molecular weight excluding hydrogens is 378 g/mol. The maximum atomic E-state index is 12.9. The summed E-state index contributed by atoms with van der Waals surface area (Å²) in [5, 5.41) is 0. The molecular formula is C17H26ClN3O4S. The Bertz CT molecular complexity index is 742. The zero-order valence-electron chi connectivity index (χ0n) is 14.9. The van der Waals surface area contributed by atoms with Gasteiger partial charge >= 0.3 is 0 Å². The van der Waals surface area contributed by atoms with Gasteiger partial charge in [-0.05, 0) is 37.5 Å². The minimum absolute atomic E-state index is 0. The van der Waals surface area contributed by atoms with Gasteiger partial charge < -0.3 is 15.4 Å². The van der Waals surface area contributed by atoms with Crippen LogP contribution in [-0.2, 0) is 14.8 Å². The second-order valence-corrected chi connectivity index (χ2v) is 8.53. The molecule has 26 heavy (non-hydrogen) atoms. The Morgan fingerprint density at radius 1 is 1.15 bits per heavy atom. The third-order valence-corrected chi connectivity index (χ3v) is 6.89. The number of nitrogens with zero attached hydrogens (tertiary/aromatic N) is 2. The molecule has 2 N–H and O–H groups in total. The molecule has 0 saturated carbocycles. The minimum Gasteiger partial charge on any atom is -0.379 e. The molecule has 0 unspecified atom stereocenters. The number of carbonyl (C=O) groups is 1. The maximum absolute atomic E-state index is 12.9. The van der Waals surface area contributed by atoms with Gasteiger partial charge in [0.25, 0.3) is 5.91 Å². The highest BCUT2D eigenvalue weighted by Crippen LogP contribution is 2.23. The molecule has 1 aromatic carbocycles. The summed E-state index contributed by atoms with van der Waals surface area (Å²) in [5.41, 5.74) is 6.94. The van der Waals surface area contributed by atoms with E-state index in [9.17, 15) is 13.2 Å². The van der Waals surface area contributed by atoms with E-state index in [0.29, 0.717) is 50.5 Å². The van der Waals surface area contributed by atoms with Crippen molar-refractivity contribution in [2.45, 2.75) is 30.7 Å². The first kappa shape index (κ1) is 21.1. The molecule has 146 valence electrons. The molecule has 9 heteroatoms. The van der Waals surface area contributed by atoms with E-state index in [1.54, 1.807) is 24.0 Å². The fraction of sp³-hybridized carbons (Fsp3) is 0.588. The number of morpholine rings is 1. The van der Waals surface area contributed by atoms with Gasteiger partial charge in [0.15, 0.2) is 0 Å². The molecule has 2 saturated heterocycles. The second-order valence-electron chi connectivity index (χ2n) is 6.63. The maximum Gasteiger partial charge on any atom is 0.253 e. The van der Waals surface area contributed by atoms with Crippen molar-refractivity contribution >= 4 is 28.3 Å². The fourth-order valence-electron chi connectivity index (χ4n) is 3.22. The van der Waals surface area contributed by atoms with Crippen LogP contribution in [0.1, 0.15) is 28.8 Å². The molecule has 2 aliphatic rings. The normalized spacial score (nSPS) is 19.8. The van der Waals surface area contributed by atoms with Crippen LogP contribution in [0.2, 0.25) is 0 Å². The largest absolute Gasteiger partial charge is 0.379 e. The van der Waals surface area contributed by atoms with Gasteiger partial charge in [-0.3, -0.25) is 4.79 Å². The van der Waals surface area contributed by atoms with E-state index < -0.39 is 10.0 Å². The molecule has 0 spiro atoms. The summed E-state index contributed by atoms with van der Waals surface area (Å²) in [4.78, 5) is 14.7. The summed E-state index contributed by atoms with van der Waals surface area (Å²) >= 11 is 0. The lowest BCUT2D eigenvalue weighted by Crippen LogP contribution is -2.43. The number of piperidine rings is 1. The van der Waals surface area contributed by atoms with Crippen molar-refractivity contribution in [1.82, 2.24) is 9.21 Å². The smallest absolute Gasteiger partial charge is 0.253 e. The summed E-state index contributed by atoms with van der Waals surface area (Å²) in [5.74, 6) is -0.134. The SMILES string of the molecule is Cc1ccc(C(=O)N2CCC(N)CC2)cc1S(=O)(=O)N1CCOCC1.Cl. The van der Waals surface area contributed by atoms with E-state index in [-0.39, 0.29) is 29.3 Å². The number of carbonyl (C=O) groups excluding carboxylic acids is 1. The van der Waals surface area contributed by atoms with Crippen LogP contribution in [0.4, 0.5) is 0 Å². The molecule has 1 amide bonds. The Labute approximate surface area is 160 Å². The minimum atomic E-state index is -3.63. The third kappa shape index (κ3) is 4.37. The van der Waals surface area contributed by atoms with Crippen LogP contribution in [-0.4, -0.2) is 69.0 Å². The zero-order valence-corrected chi connectivity index (χ0v) is 16.5. The van der Waals surface area contributed by atoms with Gasteiger partial charge in [0.1, 0.15) is 0 Å². The Morgan fingerprint density at radius 2 is 1.77 bits per heavy atom. The highest BCUT2D eigenvalue weighted by Gasteiger charge is 2.29. The van der Waals surface area contributed by atoms with Crippen LogP contribution in [0.5, 0.6) is 0 Å². The summed E-state index contributed by atoms with van der Waals surface area (Å²) in [6, 6.07) is 5.05. The van der Waals surface area contributed by atoms with Crippen molar-refractivity contribution in [1.29, 1.82) is 0 Å². The molecule has 3 rings (SSSR count). The number of hydrogen-bond acceptors (Lipinski definition) is 5. The Hall–Kier alpha value is -1.19. The first-order chi connectivity index (χ1) is 11.9. The van der Waals surface area contributed by atoms with E-state index >= 15 is 0 Å². The van der Waals surface area contributed by atoms with Crippen LogP contribution in [0.25, 0.3) is 0 Å². The van der Waals surface area contributed by atoms with Crippen LogP contribution in [0, 0.1) is 6.92 Å². The molecule has 2 aliphatic heterocycles. The number of rotatable bonds is 3. The van der Waals surface area contributed by atoms with Gasteiger partial charge in [0.2, 0.25) is 10.0 Å². The molecule has 0 aliphatic carbocycles. The molecule has 0 radical (unpaired) electrons. The third-order valence-electron chi connectivity index (χ3n) is 4.85. The quantitative estimate of drug-likeness (QED) is 0.812. The molecule has 0 atom stereocenters. The average Bonchev–Trinajstić information content (AvgIpc) is 2.63. The lowest BCUT2D eigenvalue weighted by Gasteiger charge is -2.30. The number of nitrogens with two attached hydrogens (primary N) is 1. The molecule has 2 heterocycles. The number of sulfonamides is 1. The van der Waals surface area contributed by atoms with E-state index in [2.05, 4.69) is 0 Å². The summed E-state index contributed by atoms with van der Waals surface area (Å²) < 4.78 is 32.5. The Kier molecular flexibility index (Phi) is 7.04. The standard InChI is InChI=1S/C17H25N3O4S.ClH/c1-13-2-3-14(17(21)19-6-4-15(18)5-7-19)12-16(13)25(22,23)20-8-10-24-11-9-20;/h2-3,12,15H,4-11,18H2,1H3;1H. The first-order valence-electron chi connectivity index (χ1n) is 8.63. The zero-order chi connectivity index (χ0) is 18.0. The monoisotopic (exact) mass is 403 g/mol. The number of halogens is 1. The predicted octanol–water partition coefficient (Wildman–Crippen LogP) is 1.00. The molecule has 0 aromatic heterocycles. The van der Waals surface area contributed by atoms with Gasteiger partial charge in [0.05, 0.1) is 18.1 Å². The second kappa shape index (κ2) is 8.67. The number of amides is 1. The topological polar surface area (TPSA) is 92.9 Å². The lowest BCUT2D eigenvalue weighted by atomic mass is 10.0. The number of benzene rings is 1. The average molecular weight is 404 g/mol. The lowest BCUT2D eigenvalue weighted by molar-refractivity contribution is 0.0713. The molecule has 2 fully saturated rings. The Balaban J connectivity index is 0.00000243. The molecule has 1 aromatic rings. The molecule has 0 bridgehead atoms. The number of ether oxygens (including phenoxy) is 1. The van der Waals surface area contributed by atoms with Crippen molar-refractivity contribution in [3.8, 4) is 0 Å². The van der Waals surface area contributed by atoms with Crippen molar-refractivity contribution in [3.05, 3.63) is 29.3 Å². The number of likely N-dealkylation sites (tertiary alicyclic amines) is 1. The van der Waals surface area contributed by atoms with E-state index in [1.807, 2.05) is 0 Å². The van der Waals surface area contributed by atoms with Gasteiger partial charge in [-0.1, -0.05) is 6.07 Å². The van der Waals surface area contributed by atoms with Crippen LogP contribution in [0.15, 0.2) is 23.1 Å². The summed E-state index contributed by atoms with van der Waals surface area (Å²) in [6.07, 6.45) is 1.55. The van der Waals surface area contributed by atoms with Crippen LogP contribution >= 0.6 is 12.4 Å². The number of hydrogen-bond donors (Lipinski definition) is 1. The van der Waals surface area contributed by atoms with Crippen molar-refractivity contribution in [3.63, 3.8) is 0 Å². The fourth-order valence-corrected chi connectivity index (χ4v) is 4.88. The van der Waals surface area contributed by atoms with Crippen molar-refractivity contribution < 1.29 is 17.9 Å². The van der Waals surface area contributed by atoms with Gasteiger partial charge in [-0.15, -0.1) is 12.4 Å². The van der Waals surface area contributed by atoms with Gasteiger partial charge in [-0.25, -0.2) is 8.42 Å². The Morgan fingerprint density at radius 3 is 2.38 bits per heavy atom. The van der Waals surface area contributed by atoms with Crippen LogP contribution < -0.4 is 5.73 Å². The van der Waals surface area contributed by atoms with E-state index in [1.165, 1.54) is 10.4 Å². The summed E-state index contributed by atoms with van der Waals surface area (Å²) in [6.45, 7) is 4.43. The highest BCUT2D eigenvalue weighted by molar-refractivity contribution is 7.89. The van der Waals surface area contributed by atoms with E-state index in [4.69, 9.17) is 10.5 Å². The highest BCUT2D eigenvalue weighted by atomic mass is 35.5. The van der Waals surface area contributed by atoms with Gasteiger partial charge in [0, 0.05) is 37.8 Å². The number of aryl methyl sites for hydroxylation is 1. The van der Waals surface area contributed by atoms with Crippen LogP contribution in [0.3, 0.4) is 0 Å². The molecule has 7 nitrogen and oxygen atoms in total. The van der Waals surface area contributed by atoms with Crippen molar-refractivity contribution in [2.75, 3.05) is 39.4 Å². The van der Waals surface area contributed by atoms with Crippen molar-refractivity contribution in [2.24, 2.45) is 5.73 Å². The van der Waals surface area contributed by atoms with Gasteiger partial charge in [-0.2, -0.15) is 4.31 Å². The summed E-state index contributed by atoms with van der Waals surface area (Å²) in [7, 11) is -3.63. The first-order valence-corrected chi connectivity index (χ1v) is 10.1.